The molecule has 2 heterocycles. The van der Waals surface area contributed by atoms with E-state index in [9.17, 15) is 17.2 Å². The number of halogens is 2. The minimum Gasteiger partial charge on any atom is -0.472 e. The lowest BCUT2D eigenvalue weighted by Gasteiger charge is -2.31. The number of hydrogen-bond donors (Lipinski definition) is 0. The lowest BCUT2D eigenvalue weighted by molar-refractivity contribution is 0.123. The Morgan fingerprint density at radius 3 is 2.77 bits per heavy atom. The molecule has 0 aliphatic carbocycles. The molecule has 6 nitrogen and oxygen atoms in total. The van der Waals surface area contributed by atoms with E-state index in [2.05, 4.69) is 10.2 Å². The Hall–Kier alpha value is -2.13. The van der Waals surface area contributed by atoms with Crippen molar-refractivity contribution in [3.05, 3.63) is 53.2 Å². The van der Waals surface area contributed by atoms with Gasteiger partial charge in [0, 0.05) is 18.2 Å². The summed E-state index contributed by atoms with van der Waals surface area (Å²) in [6, 6.07) is 6.23. The molecule has 1 aromatic carbocycles. The SMILES string of the molecule is Cc1ccc(OC2CCCN(S(=O)(=O)Cc3cc(F)ccc3F)C2)nn1. The van der Waals surface area contributed by atoms with Gasteiger partial charge in [-0.25, -0.2) is 17.2 Å². The average molecular weight is 383 g/mol. The second-order valence-corrected chi connectivity index (χ2v) is 8.21. The van der Waals surface area contributed by atoms with Crippen molar-refractivity contribution in [1.82, 2.24) is 14.5 Å². The minimum absolute atomic E-state index is 0.134. The fourth-order valence-electron chi connectivity index (χ4n) is 2.82. The molecule has 1 aliphatic heterocycles. The minimum atomic E-state index is -3.80. The molecular formula is C17H19F2N3O3S. The van der Waals surface area contributed by atoms with Crippen LogP contribution in [0.2, 0.25) is 0 Å². The molecule has 9 heteroatoms. The summed E-state index contributed by atoms with van der Waals surface area (Å²) in [7, 11) is -3.80. The highest BCUT2D eigenvalue weighted by Crippen LogP contribution is 2.22. The van der Waals surface area contributed by atoms with Gasteiger partial charge in [-0.1, -0.05) is 0 Å². The number of aromatic nitrogens is 2. The Balaban J connectivity index is 1.69. The summed E-state index contributed by atoms with van der Waals surface area (Å²) in [6.45, 7) is 2.25. The lowest BCUT2D eigenvalue weighted by atomic mass is 10.1. The molecule has 1 aliphatic rings. The monoisotopic (exact) mass is 383 g/mol. The van der Waals surface area contributed by atoms with Gasteiger partial charge in [-0.15, -0.1) is 5.10 Å². The fraction of sp³-hybridized carbons (Fsp3) is 0.412. The van der Waals surface area contributed by atoms with Crippen LogP contribution in [-0.2, 0) is 15.8 Å². The molecule has 3 rings (SSSR count). The van der Waals surface area contributed by atoms with Gasteiger partial charge in [0.05, 0.1) is 18.0 Å². The van der Waals surface area contributed by atoms with Crippen LogP contribution in [0.15, 0.2) is 30.3 Å². The second kappa shape index (κ2) is 7.63. The Morgan fingerprint density at radius 2 is 2.04 bits per heavy atom. The number of rotatable bonds is 5. The van der Waals surface area contributed by atoms with Crippen LogP contribution in [-0.4, -0.2) is 42.1 Å². The molecule has 0 saturated carbocycles. The van der Waals surface area contributed by atoms with Gasteiger partial charge in [0.1, 0.15) is 17.7 Å². The van der Waals surface area contributed by atoms with Crippen LogP contribution in [0.5, 0.6) is 5.88 Å². The summed E-state index contributed by atoms with van der Waals surface area (Å²) in [5.74, 6) is -1.67. The van der Waals surface area contributed by atoms with Gasteiger partial charge in [-0.05, 0) is 44.0 Å². The number of ether oxygens (including phenoxy) is 1. The molecule has 1 atom stereocenters. The molecule has 0 spiro atoms. The van der Waals surface area contributed by atoms with Gasteiger partial charge in [0.15, 0.2) is 0 Å². The van der Waals surface area contributed by atoms with Crippen LogP contribution in [0.4, 0.5) is 8.78 Å². The summed E-state index contributed by atoms with van der Waals surface area (Å²) < 4.78 is 59.3. The number of nitrogens with zero attached hydrogens (tertiary/aromatic N) is 3. The van der Waals surface area contributed by atoms with Crippen LogP contribution >= 0.6 is 0 Å². The largest absolute Gasteiger partial charge is 0.472 e. The Morgan fingerprint density at radius 1 is 1.23 bits per heavy atom. The number of sulfonamides is 1. The fourth-order valence-corrected chi connectivity index (χ4v) is 4.41. The van der Waals surface area contributed by atoms with Gasteiger partial charge in [0.2, 0.25) is 15.9 Å². The van der Waals surface area contributed by atoms with E-state index >= 15 is 0 Å². The average Bonchev–Trinajstić information content (AvgIpc) is 2.60. The summed E-state index contributed by atoms with van der Waals surface area (Å²) in [4.78, 5) is 0. The standard InChI is InChI=1S/C17H19F2N3O3S/c1-12-4-7-17(21-20-12)25-15-3-2-8-22(10-15)26(23,24)11-13-9-14(18)5-6-16(13)19/h4-7,9,15H,2-3,8,10-11H2,1H3. The highest BCUT2D eigenvalue weighted by Gasteiger charge is 2.31. The highest BCUT2D eigenvalue weighted by atomic mass is 32.2. The first kappa shape index (κ1) is 18.7. The molecule has 26 heavy (non-hydrogen) atoms. The van der Waals surface area contributed by atoms with Gasteiger partial charge in [0.25, 0.3) is 0 Å². The number of aryl methyl sites for hydroxylation is 1. The van der Waals surface area contributed by atoms with Crippen molar-refractivity contribution >= 4 is 10.0 Å². The van der Waals surface area contributed by atoms with E-state index in [0.29, 0.717) is 25.3 Å². The van der Waals surface area contributed by atoms with Crippen molar-refractivity contribution in [3.8, 4) is 5.88 Å². The third kappa shape index (κ3) is 4.53. The van der Waals surface area contributed by atoms with E-state index in [0.717, 1.165) is 23.9 Å². The molecule has 140 valence electrons. The maximum atomic E-state index is 13.8. The molecule has 0 radical (unpaired) electrons. The van der Waals surface area contributed by atoms with Crippen molar-refractivity contribution in [2.75, 3.05) is 13.1 Å². The molecule has 1 aromatic heterocycles. The molecule has 0 N–H and O–H groups in total. The zero-order valence-electron chi connectivity index (χ0n) is 14.2. The van der Waals surface area contributed by atoms with Gasteiger partial charge in [-0.2, -0.15) is 9.40 Å². The van der Waals surface area contributed by atoms with E-state index in [1.807, 2.05) is 0 Å². The summed E-state index contributed by atoms with van der Waals surface area (Å²) in [5.41, 5.74) is 0.569. The topological polar surface area (TPSA) is 72.4 Å². The van der Waals surface area contributed by atoms with Gasteiger partial charge in [-0.3, -0.25) is 0 Å². The predicted molar refractivity (Wildman–Crippen MR) is 91.0 cm³/mol. The Labute approximate surface area is 150 Å². The molecule has 1 unspecified atom stereocenters. The maximum Gasteiger partial charge on any atom is 0.233 e. The molecule has 0 amide bonds. The van der Waals surface area contributed by atoms with Crippen molar-refractivity contribution in [1.29, 1.82) is 0 Å². The maximum absolute atomic E-state index is 13.8. The number of piperidine rings is 1. The third-order valence-corrected chi connectivity index (χ3v) is 5.94. The van der Waals surface area contributed by atoms with Crippen LogP contribution in [0.3, 0.4) is 0 Å². The van der Waals surface area contributed by atoms with Crippen LogP contribution in [0.1, 0.15) is 24.1 Å². The normalized spacial score (nSPS) is 18.7. The molecule has 2 aromatic rings. The molecule has 1 fully saturated rings. The molecule has 1 saturated heterocycles. The van der Waals surface area contributed by atoms with Crippen molar-refractivity contribution in [2.24, 2.45) is 0 Å². The summed E-state index contributed by atoms with van der Waals surface area (Å²) >= 11 is 0. The first-order valence-electron chi connectivity index (χ1n) is 8.22. The summed E-state index contributed by atoms with van der Waals surface area (Å²) in [5, 5.41) is 7.82. The highest BCUT2D eigenvalue weighted by molar-refractivity contribution is 7.88. The third-order valence-electron chi connectivity index (χ3n) is 4.14. The zero-order valence-corrected chi connectivity index (χ0v) is 15.0. The second-order valence-electron chi connectivity index (χ2n) is 6.25. The smallest absolute Gasteiger partial charge is 0.233 e. The summed E-state index contributed by atoms with van der Waals surface area (Å²) in [6.07, 6.45) is 0.915. The van der Waals surface area contributed by atoms with Gasteiger partial charge < -0.3 is 4.74 Å². The van der Waals surface area contributed by atoms with Crippen molar-refractivity contribution < 1.29 is 21.9 Å². The van der Waals surface area contributed by atoms with Crippen LogP contribution < -0.4 is 4.74 Å². The Kier molecular flexibility index (Phi) is 5.47. The molecule has 0 bridgehead atoms. The van der Waals surface area contributed by atoms with E-state index in [1.54, 1.807) is 19.1 Å². The Bertz CT molecular complexity index is 875. The van der Waals surface area contributed by atoms with Crippen molar-refractivity contribution in [2.45, 2.75) is 31.6 Å². The van der Waals surface area contributed by atoms with E-state index in [4.69, 9.17) is 4.74 Å². The first-order chi connectivity index (χ1) is 12.3. The quantitative estimate of drug-likeness (QED) is 0.793. The first-order valence-corrected chi connectivity index (χ1v) is 9.83. The zero-order chi connectivity index (χ0) is 18.7. The predicted octanol–water partition coefficient (Wildman–Crippen LogP) is 2.44. The van der Waals surface area contributed by atoms with Crippen molar-refractivity contribution in [3.63, 3.8) is 0 Å². The number of hydrogen-bond acceptors (Lipinski definition) is 5. The lowest BCUT2D eigenvalue weighted by Crippen LogP contribution is -2.44. The molecular weight excluding hydrogens is 364 g/mol. The van der Waals surface area contributed by atoms with Crippen LogP contribution in [0.25, 0.3) is 0 Å². The van der Waals surface area contributed by atoms with E-state index in [-0.39, 0.29) is 18.2 Å². The van der Waals surface area contributed by atoms with E-state index < -0.39 is 27.4 Å². The van der Waals surface area contributed by atoms with Crippen LogP contribution in [0, 0.1) is 18.6 Å². The van der Waals surface area contributed by atoms with Gasteiger partial charge >= 0.3 is 0 Å². The van der Waals surface area contributed by atoms with E-state index in [1.165, 1.54) is 4.31 Å². The number of benzene rings is 1.